The smallest absolute Gasteiger partial charge is 0.399 e. The van der Waals surface area contributed by atoms with Gasteiger partial charge in [0.25, 0.3) is 6.20 Å². The van der Waals surface area contributed by atoms with E-state index in [-0.39, 0.29) is 30.2 Å². The Morgan fingerprint density at radius 3 is 2.45 bits per heavy atom. The first kappa shape index (κ1) is 23.3. The average molecular weight is 418 g/mol. The fraction of sp³-hybridized carbons (Fsp3) is 0.700. The maximum Gasteiger partial charge on any atom is 0.573 e. The molecular formula is C20H31F3N3O3+. The number of rotatable bonds is 3. The highest BCUT2D eigenvalue weighted by atomic mass is 19.4. The van der Waals surface area contributed by atoms with Gasteiger partial charge in [0.05, 0.1) is 13.0 Å². The predicted molar refractivity (Wildman–Crippen MR) is 101 cm³/mol. The number of ether oxygens (including phenoxy) is 1. The zero-order valence-electron chi connectivity index (χ0n) is 17.3. The number of aromatic nitrogens is 1. The minimum atomic E-state index is -4.79. The zero-order valence-corrected chi connectivity index (χ0v) is 17.3. The van der Waals surface area contributed by atoms with E-state index in [9.17, 15) is 18.0 Å². The lowest BCUT2D eigenvalue weighted by molar-refractivity contribution is -0.891. The molecule has 9 heteroatoms. The third-order valence-corrected chi connectivity index (χ3v) is 5.04. The maximum atomic E-state index is 12.8. The van der Waals surface area contributed by atoms with Crippen LogP contribution >= 0.6 is 0 Å². The van der Waals surface area contributed by atoms with Crippen LogP contribution in [0.3, 0.4) is 0 Å². The summed E-state index contributed by atoms with van der Waals surface area (Å²) in [6.45, 7) is 5.01. The Kier molecular flexibility index (Phi) is 8.13. The van der Waals surface area contributed by atoms with Crippen molar-refractivity contribution in [3.63, 3.8) is 0 Å². The molecule has 0 radical (unpaired) electrons. The number of pyridine rings is 1. The SMILES string of the molecule is CCC.CO[n+]1cc(OC(F)(F)F)cc2c1CCN(C(=O)C1CCC(N)CC1)C2. The van der Waals surface area contributed by atoms with Crippen molar-refractivity contribution in [1.82, 2.24) is 4.90 Å². The molecule has 1 saturated carbocycles. The Bertz CT molecular complexity index is 690. The molecule has 6 nitrogen and oxygen atoms in total. The third-order valence-electron chi connectivity index (χ3n) is 5.04. The van der Waals surface area contributed by atoms with E-state index in [0.29, 0.717) is 18.5 Å². The van der Waals surface area contributed by atoms with Gasteiger partial charge in [0.1, 0.15) is 7.11 Å². The van der Waals surface area contributed by atoms with Crippen LogP contribution in [0.25, 0.3) is 0 Å². The summed E-state index contributed by atoms with van der Waals surface area (Å²) in [5.74, 6) is -0.370. The van der Waals surface area contributed by atoms with Crippen molar-refractivity contribution in [1.29, 1.82) is 0 Å². The van der Waals surface area contributed by atoms with E-state index in [2.05, 4.69) is 18.6 Å². The number of amides is 1. The monoisotopic (exact) mass is 418 g/mol. The van der Waals surface area contributed by atoms with Gasteiger partial charge in [-0.15, -0.1) is 13.2 Å². The first-order valence-corrected chi connectivity index (χ1v) is 10.1. The topological polar surface area (TPSA) is 68.7 Å². The average Bonchev–Trinajstić information content (AvgIpc) is 2.66. The van der Waals surface area contributed by atoms with Crippen LogP contribution in [0.15, 0.2) is 12.3 Å². The fourth-order valence-electron chi connectivity index (χ4n) is 3.73. The van der Waals surface area contributed by atoms with Crippen LogP contribution in [0.1, 0.15) is 57.2 Å². The van der Waals surface area contributed by atoms with E-state index < -0.39 is 6.36 Å². The summed E-state index contributed by atoms with van der Waals surface area (Å²) in [7, 11) is 1.38. The number of carbonyl (C=O) groups is 1. The highest BCUT2D eigenvalue weighted by Gasteiger charge is 2.36. The van der Waals surface area contributed by atoms with Crippen molar-refractivity contribution >= 4 is 5.91 Å². The summed E-state index contributed by atoms with van der Waals surface area (Å²) >= 11 is 0. The van der Waals surface area contributed by atoms with E-state index in [0.717, 1.165) is 37.6 Å². The number of nitrogens with zero attached hydrogens (tertiary/aromatic N) is 2. The van der Waals surface area contributed by atoms with Gasteiger partial charge in [-0.1, -0.05) is 20.3 Å². The molecule has 3 rings (SSSR count). The van der Waals surface area contributed by atoms with E-state index in [1.807, 2.05) is 0 Å². The molecule has 0 bridgehead atoms. The minimum absolute atomic E-state index is 0.0497. The minimum Gasteiger partial charge on any atom is -0.399 e. The van der Waals surface area contributed by atoms with Crippen LogP contribution < -0.4 is 20.0 Å². The number of halogens is 3. The molecular weight excluding hydrogens is 387 g/mol. The fourth-order valence-corrected chi connectivity index (χ4v) is 3.73. The van der Waals surface area contributed by atoms with E-state index in [4.69, 9.17) is 10.6 Å². The largest absolute Gasteiger partial charge is 0.573 e. The summed E-state index contributed by atoms with van der Waals surface area (Å²) in [4.78, 5) is 19.6. The molecule has 0 aromatic carbocycles. The number of fused-ring (bicyclic) bond motifs is 1. The summed E-state index contributed by atoms with van der Waals surface area (Å²) in [6.07, 6.45) is 1.31. The maximum absolute atomic E-state index is 12.8. The summed E-state index contributed by atoms with van der Waals surface area (Å²) < 4.78 is 42.9. The molecule has 0 saturated heterocycles. The van der Waals surface area contributed by atoms with Crippen LogP contribution in [0, 0.1) is 5.92 Å². The number of hydrogen-bond acceptors (Lipinski definition) is 4. The zero-order chi connectivity index (χ0) is 21.6. The van der Waals surface area contributed by atoms with Gasteiger partial charge >= 0.3 is 6.36 Å². The quantitative estimate of drug-likeness (QED) is 0.767. The van der Waals surface area contributed by atoms with Crippen LogP contribution in [0.2, 0.25) is 0 Å². The van der Waals surface area contributed by atoms with Crippen LogP contribution in [-0.2, 0) is 17.8 Å². The van der Waals surface area contributed by atoms with Crippen molar-refractivity contribution in [2.45, 2.75) is 71.3 Å². The van der Waals surface area contributed by atoms with Gasteiger partial charge in [0.15, 0.2) is 5.75 Å². The van der Waals surface area contributed by atoms with Gasteiger partial charge < -0.3 is 15.4 Å². The molecule has 0 spiro atoms. The molecule has 1 amide bonds. The van der Waals surface area contributed by atoms with Gasteiger partial charge in [-0.05, 0) is 31.7 Å². The normalized spacial score (nSPS) is 21.6. The second-order valence-electron chi connectivity index (χ2n) is 7.53. The van der Waals surface area contributed by atoms with Crippen molar-refractivity contribution in [2.75, 3.05) is 13.7 Å². The first-order valence-electron chi connectivity index (χ1n) is 10.1. The van der Waals surface area contributed by atoms with Crippen LogP contribution in [-0.4, -0.2) is 36.9 Å². The van der Waals surface area contributed by atoms with Gasteiger partial charge in [0.2, 0.25) is 11.6 Å². The molecule has 2 heterocycles. The van der Waals surface area contributed by atoms with Crippen LogP contribution in [0.4, 0.5) is 13.2 Å². The molecule has 164 valence electrons. The van der Waals surface area contributed by atoms with Crippen molar-refractivity contribution in [2.24, 2.45) is 11.7 Å². The molecule has 1 aliphatic carbocycles. The Labute approximate surface area is 169 Å². The van der Waals surface area contributed by atoms with Gasteiger partial charge in [-0.3, -0.25) is 9.63 Å². The molecule has 1 aromatic heterocycles. The van der Waals surface area contributed by atoms with Gasteiger partial charge in [-0.25, -0.2) is 0 Å². The van der Waals surface area contributed by atoms with Crippen molar-refractivity contribution in [3.05, 3.63) is 23.5 Å². The second kappa shape index (κ2) is 10.1. The molecule has 0 unspecified atom stereocenters. The van der Waals surface area contributed by atoms with E-state index in [1.54, 1.807) is 4.90 Å². The van der Waals surface area contributed by atoms with Crippen molar-refractivity contribution in [3.8, 4) is 5.75 Å². The predicted octanol–water partition coefficient (Wildman–Crippen LogP) is 2.75. The molecule has 1 aliphatic heterocycles. The molecule has 29 heavy (non-hydrogen) atoms. The lowest BCUT2D eigenvalue weighted by atomic mass is 9.85. The molecule has 0 atom stereocenters. The summed E-state index contributed by atoms with van der Waals surface area (Å²) in [6, 6.07) is 1.48. The highest BCUT2D eigenvalue weighted by Crippen LogP contribution is 2.29. The Balaban J connectivity index is 0.000000941. The van der Waals surface area contributed by atoms with Crippen molar-refractivity contribution < 1.29 is 32.3 Å². The second-order valence-corrected chi connectivity index (χ2v) is 7.53. The van der Waals surface area contributed by atoms with Crippen LogP contribution in [0.5, 0.6) is 5.75 Å². The standard InChI is InChI=1S/C17H23F3N3O3.C3H8/c1-25-23-10-14(26-17(18,19)20)8-12-9-22(7-6-15(12)23)16(24)11-2-4-13(21)5-3-11;1-3-2/h8,10-11,13H,2-7,9,21H2,1H3;3H2,1-2H3/q+1;. The lowest BCUT2D eigenvalue weighted by Crippen LogP contribution is -2.50. The summed E-state index contributed by atoms with van der Waals surface area (Å²) in [5, 5.41) is 0. The molecule has 1 fully saturated rings. The Hall–Kier alpha value is -2.03. The number of hydrogen-bond donors (Lipinski definition) is 1. The first-order chi connectivity index (χ1) is 13.7. The summed E-state index contributed by atoms with van der Waals surface area (Å²) in [5.41, 5.74) is 7.24. The molecule has 2 aliphatic rings. The number of carbonyl (C=O) groups excluding carboxylic acids is 1. The molecule has 2 N–H and O–H groups in total. The third kappa shape index (κ3) is 6.48. The Morgan fingerprint density at radius 1 is 1.28 bits per heavy atom. The van der Waals surface area contributed by atoms with Gasteiger partial charge in [-0.2, -0.15) is 0 Å². The lowest BCUT2D eigenvalue weighted by Gasteiger charge is -2.33. The number of alkyl halides is 3. The van der Waals surface area contributed by atoms with E-state index >= 15 is 0 Å². The highest BCUT2D eigenvalue weighted by molar-refractivity contribution is 5.79. The number of nitrogens with two attached hydrogens (primary N) is 1. The molecule has 1 aromatic rings. The van der Waals surface area contributed by atoms with E-state index in [1.165, 1.54) is 24.3 Å². The Morgan fingerprint density at radius 2 is 1.90 bits per heavy atom. The van der Waals surface area contributed by atoms with Gasteiger partial charge in [0, 0.05) is 28.8 Å².